The molecule has 0 aromatic heterocycles. The van der Waals surface area contributed by atoms with E-state index >= 15 is 0 Å². The summed E-state index contributed by atoms with van der Waals surface area (Å²) in [7, 11) is -2.40. The summed E-state index contributed by atoms with van der Waals surface area (Å²) < 4.78 is 24.3. The van der Waals surface area contributed by atoms with Crippen LogP contribution in [0.3, 0.4) is 0 Å². The third-order valence-electron chi connectivity index (χ3n) is 3.01. The number of amides is 1. The summed E-state index contributed by atoms with van der Waals surface area (Å²) in [6.07, 6.45) is 0.209. The van der Waals surface area contributed by atoms with Crippen LogP contribution < -0.4 is 0 Å². The third-order valence-corrected chi connectivity index (χ3v) is 7.01. The fourth-order valence-corrected chi connectivity index (χ4v) is 5.65. The van der Waals surface area contributed by atoms with E-state index in [1.54, 1.807) is 30.3 Å². The monoisotopic (exact) mass is 301 g/mol. The Bertz CT molecular complexity index is 536. The molecule has 7 heteroatoms. The molecule has 1 aromatic rings. The Kier molecular flexibility index (Phi) is 4.36. The summed E-state index contributed by atoms with van der Waals surface area (Å²) >= 11 is 0. The lowest BCUT2D eigenvalue weighted by Gasteiger charge is -2.29. The first-order chi connectivity index (χ1) is 8.99. The Labute approximate surface area is 115 Å². The van der Waals surface area contributed by atoms with Gasteiger partial charge >= 0.3 is 6.09 Å². The lowest BCUT2D eigenvalue weighted by atomic mass is 10.1. The highest BCUT2D eigenvalue weighted by molar-refractivity contribution is 8.72. The molecule has 5 nitrogen and oxygen atoms in total. The van der Waals surface area contributed by atoms with Gasteiger partial charge in [-0.15, -0.1) is 0 Å². The smallest absolute Gasteiger partial charge is 0.407 e. The zero-order chi connectivity index (χ0) is 13.9. The van der Waals surface area contributed by atoms with Crippen LogP contribution in [0.4, 0.5) is 4.79 Å². The number of carbonyl (C=O) groups is 1. The van der Waals surface area contributed by atoms with Gasteiger partial charge in [-0.25, -0.2) is 13.2 Å². The molecule has 19 heavy (non-hydrogen) atoms. The highest BCUT2D eigenvalue weighted by atomic mass is 33.1. The molecule has 0 spiro atoms. The van der Waals surface area contributed by atoms with E-state index in [0.29, 0.717) is 30.8 Å². The quantitative estimate of drug-likeness (QED) is 0.867. The molecular formula is C12H15NO4S2. The molecular weight excluding hydrogens is 286 g/mol. The van der Waals surface area contributed by atoms with Crippen molar-refractivity contribution in [2.24, 2.45) is 0 Å². The second-order valence-corrected chi connectivity index (χ2v) is 8.46. The summed E-state index contributed by atoms with van der Waals surface area (Å²) in [5.74, 6) is 0. The fraction of sp³-hybridized carbons (Fsp3) is 0.417. The number of nitrogens with zero attached hydrogens (tertiary/aromatic N) is 1. The summed E-state index contributed by atoms with van der Waals surface area (Å²) in [6, 6.07) is 8.32. The zero-order valence-electron chi connectivity index (χ0n) is 10.2. The van der Waals surface area contributed by atoms with E-state index in [1.165, 1.54) is 4.90 Å². The van der Waals surface area contributed by atoms with Crippen LogP contribution in [-0.2, 0) is 8.87 Å². The molecule has 1 N–H and O–H groups in total. The summed E-state index contributed by atoms with van der Waals surface area (Å²) in [5.41, 5.74) is 0. The summed E-state index contributed by atoms with van der Waals surface area (Å²) in [4.78, 5) is 12.4. The first kappa shape index (κ1) is 14.2. The van der Waals surface area contributed by atoms with Crippen molar-refractivity contribution in [2.45, 2.75) is 23.0 Å². The van der Waals surface area contributed by atoms with Gasteiger partial charge in [0, 0.05) is 18.3 Å². The van der Waals surface area contributed by atoms with Crippen LogP contribution in [0.5, 0.6) is 0 Å². The van der Waals surface area contributed by atoms with Crippen LogP contribution >= 0.6 is 10.8 Å². The molecule has 0 radical (unpaired) electrons. The molecule has 0 unspecified atom stereocenters. The van der Waals surface area contributed by atoms with Crippen molar-refractivity contribution in [1.82, 2.24) is 4.90 Å². The lowest BCUT2D eigenvalue weighted by Crippen LogP contribution is -2.38. The van der Waals surface area contributed by atoms with Gasteiger partial charge < -0.3 is 10.0 Å². The average molecular weight is 301 g/mol. The van der Waals surface area contributed by atoms with Crippen LogP contribution in [0.15, 0.2) is 35.2 Å². The Hall–Kier alpha value is -1.21. The van der Waals surface area contributed by atoms with Crippen LogP contribution in [0.1, 0.15) is 12.8 Å². The molecule has 1 fully saturated rings. The second kappa shape index (κ2) is 5.83. The van der Waals surface area contributed by atoms with Crippen LogP contribution in [0, 0.1) is 0 Å². The van der Waals surface area contributed by atoms with Crippen molar-refractivity contribution >= 4 is 25.8 Å². The Morgan fingerprint density at radius 2 is 1.79 bits per heavy atom. The van der Waals surface area contributed by atoms with E-state index in [1.807, 2.05) is 0 Å². The number of carboxylic acid groups (broad SMARTS) is 1. The minimum atomic E-state index is -3.35. The predicted molar refractivity (Wildman–Crippen MR) is 73.8 cm³/mol. The van der Waals surface area contributed by atoms with E-state index in [9.17, 15) is 13.2 Å². The van der Waals surface area contributed by atoms with E-state index in [2.05, 4.69) is 0 Å². The molecule has 104 valence electrons. The van der Waals surface area contributed by atoms with Gasteiger partial charge in [0.25, 0.3) is 0 Å². The van der Waals surface area contributed by atoms with Crippen molar-refractivity contribution in [3.63, 3.8) is 0 Å². The number of hydrogen-bond donors (Lipinski definition) is 1. The highest BCUT2D eigenvalue weighted by Crippen LogP contribution is 2.32. The molecule has 1 aromatic carbocycles. The Morgan fingerprint density at radius 1 is 1.21 bits per heavy atom. The molecule has 0 bridgehead atoms. The maximum atomic E-state index is 12.1. The molecule has 1 amide bonds. The second-order valence-electron chi connectivity index (χ2n) is 4.33. The summed E-state index contributed by atoms with van der Waals surface area (Å²) in [6.45, 7) is 0.800. The van der Waals surface area contributed by atoms with E-state index in [-0.39, 0.29) is 5.25 Å². The number of likely N-dealkylation sites (tertiary alicyclic amines) is 1. The fourth-order valence-electron chi connectivity index (χ4n) is 1.97. The van der Waals surface area contributed by atoms with Gasteiger partial charge in [0.2, 0.25) is 8.87 Å². The zero-order valence-corrected chi connectivity index (χ0v) is 11.9. The standard InChI is InChI=1S/C12H15NO4S2/c14-12(15)13-8-6-10(7-9-13)18-19(16,17)11-4-2-1-3-5-11/h1-5,10H,6-9H2,(H,14,15). The Morgan fingerprint density at radius 3 is 2.32 bits per heavy atom. The topological polar surface area (TPSA) is 74.7 Å². The molecule has 1 aliphatic heterocycles. The number of hydrogen-bond acceptors (Lipinski definition) is 4. The van der Waals surface area contributed by atoms with Gasteiger partial charge in [0.15, 0.2) is 0 Å². The van der Waals surface area contributed by atoms with Crippen LogP contribution in [0.25, 0.3) is 0 Å². The van der Waals surface area contributed by atoms with Gasteiger partial charge in [-0.05, 0) is 35.8 Å². The Balaban J connectivity index is 1.98. The van der Waals surface area contributed by atoms with Crippen LogP contribution in [0.2, 0.25) is 0 Å². The maximum Gasteiger partial charge on any atom is 0.407 e. The number of rotatable bonds is 3. The minimum absolute atomic E-state index is 0.0409. The molecule has 1 aliphatic rings. The highest BCUT2D eigenvalue weighted by Gasteiger charge is 2.27. The predicted octanol–water partition coefficient (Wildman–Crippen LogP) is 2.25. The van der Waals surface area contributed by atoms with Gasteiger partial charge in [-0.3, -0.25) is 0 Å². The van der Waals surface area contributed by atoms with Crippen molar-refractivity contribution in [1.29, 1.82) is 0 Å². The number of piperidine rings is 1. The molecule has 2 rings (SSSR count). The van der Waals surface area contributed by atoms with E-state index < -0.39 is 15.0 Å². The minimum Gasteiger partial charge on any atom is -0.465 e. The molecule has 1 heterocycles. The first-order valence-electron chi connectivity index (χ1n) is 5.95. The molecule has 0 atom stereocenters. The normalized spacial score (nSPS) is 17.4. The van der Waals surface area contributed by atoms with Crippen molar-refractivity contribution < 1.29 is 18.3 Å². The van der Waals surface area contributed by atoms with Gasteiger partial charge in [-0.2, -0.15) is 0 Å². The average Bonchev–Trinajstić information content (AvgIpc) is 2.40. The van der Waals surface area contributed by atoms with Gasteiger partial charge in [0.1, 0.15) is 0 Å². The lowest BCUT2D eigenvalue weighted by molar-refractivity contribution is 0.137. The van der Waals surface area contributed by atoms with Crippen molar-refractivity contribution in [3.05, 3.63) is 30.3 Å². The molecule has 0 aliphatic carbocycles. The SMILES string of the molecule is O=C(O)N1CCC(SS(=O)(=O)c2ccccc2)CC1. The summed E-state index contributed by atoms with van der Waals surface area (Å²) in [5, 5.41) is 8.80. The third kappa shape index (κ3) is 3.63. The van der Waals surface area contributed by atoms with Crippen molar-refractivity contribution in [3.8, 4) is 0 Å². The number of benzene rings is 1. The van der Waals surface area contributed by atoms with E-state index in [0.717, 1.165) is 10.8 Å². The van der Waals surface area contributed by atoms with Crippen molar-refractivity contribution in [2.75, 3.05) is 13.1 Å². The van der Waals surface area contributed by atoms with E-state index in [4.69, 9.17) is 5.11 Å². The molecule has 1 saturated heterocycles. The maximum absolute atomic E-state index is 12.1. The van der Waals surface area contributed by atoms with Gasteiger partial charge in [0.05, 0.1) is 4.90 Å². The molecule has 0 saturated carbocycles. The van der Waals surface area contributed by atoms with Crippen LogP contribution in [-0.4, -0.2) is 42.9 Å². The largest absolute Gasteiger partial charge is 0.465 e. The first-order valence-corrected chi connectivity index (χ1v) is 8.83. The van der Waals surface area contributed by atoms with Gasteiger partial charge in [-0.1, -0.05) is 18.2 Å².